The number of H-pyrrole nitrogens is 1. The van der Waals surface area contributed by atoms with E-state index in [1.54, 1.807) is 29.1 Å². The van der Waals surface area contributed by atoms with Gasteiger partial charge < -0.3 is 4.98 Å². The number of hydrogen-bond acceptors (Lipinski definition) is 2. The monoisotopic (exact) mass is 311 g/mol. The molecule has 1 atom stereocenters. The SMILES string of the molecule is CCC(C)c1cc(-c2ccc(F)cc2)n(-c2cc[nH]c(=O)c2)n1. The average molecular weight is 311 g/mol. The molecule has 0 aliphatic heterocycles. The lowest BCUT2D eigenvalue weighted by Crippen LogP contribution is -2.08. The number of nitrogens with one attached hydrogen (secondary N) is 1. The molecule has 4 nitrogen and oxygen atoms in total. The molecule has 23 heavy (non-hydrogen) atoms. The number of halogens is 1. The first kappa shape index (κ1) is 15.2. The van der Waals surface area contributed by atoms with E-state index in [4.69, 9.17) is 0 Å². The second kappa shape index (κ2) is 6.20. The van der Waals surface area contributed by atoms with Crippen molar-refractivity contribution in [2.24, 2.45) is 0 Å². The van der Waals surface area contributed by atoms with Crippen molar-refractivity contribution in [3.05, 3.63) is 70.5 Å². The largest absolute Gasteiger partial charge is 0.329 e. The van der Waals surface area contributed by atoms with E-state index in [2.05, 4.69) is 23.9 Å². The Morgan fingerprint density at radius 3 is 2.61 bits per heavy atom. The van der Waals surface area contributed by atoms with Crippen molar-refractivity contribution in [1.82, 2.24) is 14.8 Å². The summed E-state index contributed by atoms with van der Waals surface area (Å²) in [5.74, 6) is 0.0237. The summed E-state index contributed by atoms with van der Waals surface area (Å²) in [4.78, 5) is 14.2. The topological polar surface area (TPSA) is 50.7 Å². The van der Waals surface area contributed by atoms with Crippen molar-refractivity contribution in [3.8, 4) is 16.9 Å². The fourth-order valence-corrected chi connectivity index (χ4v) is 2.44. The van der Waals surface area contributed by atoms with Gasteiger partial charge in [-0.05, 0) is 48.7 Å². The van der Waals surface area contributed by atoms with Crippen LogP contribution in [0.2, 0.25) is 0 Å². The zero-order valence-corrected chi connectivity index (χ0v) is 13.1. The molecule has 118 valence electrons. The van der Waals surface area contributed by atoms with E-state index in [9.17, 15) is 9.18 Å². The van der Waals surface area contributed by atoms with Crippen LogP contribution in [0, 0.1) is 5.82 Å². The minimum atomic E-state index is -0.280. The standard InChI is InChI=1S/C18H18FN3O/c1-3-12(2)16-11-17(13-4-6-14(19)7-5-13)22(21-16)15-8-9-20-18(23)10-15/h4-12H,3H2,1-2H3,(H,20,23). The Kier molecular flexibility index (Phi) is 4.10. The Morgan fingerprint density at radius 1 is 1.22 bits per heavy atom. The summed E-state index contributed by atoms with van der Waals surface area (Å²) in [6, 6.07) is 11.6. The maximum atomic E-state index is 13.2. The zero-order valence-electron chi connectivity index (χ0n) is 13.1. The van der Waals surface area contributed by atoms with Crippen molar-refractivity contribution in [1.29, 1.82) is 0 Å². The highest BCUT2D eigenvalue weighted by atomic mass is 19.1. The van der Waals surface area contributed by atoms with E-state index in [-0.39, 0.29) is 11.4 Å². The highest BCUT2D eigenvalue weighted by Gasteiger charge is 2.15. The minimum Gasteiger partial charge on any atom is -0.329 e. The highest BCUT2D eigenvalue weighted by Crippen LogP contribution is 2.27. The van der Waals surface area contributed by atoms with Crippen LogP contribution >= 0.6 is 0 Å². The molecule has 1 aromatic carbocycles. The predicted molar refractivity (Wildman–Crippen MR) is 88.3 cm³/mol. The fraction of sp³-hybridized carbons (Fsp3) is 0.222. The highest BCUT2D eigenvalue weighted by molar-refractivity contribution is 5.62. The normalized spacial score (nSPS) is 12.3. The first-order valence-electron chi connectivity index (χ1n) is 7.63. The molecule has 0 aliphatic carbocycles. The summed E-state index contributed by atoms with van der Waals surface area (Å²) in [7, 11) is 0. The van der Waals surface area contributed by atoms with Gasteiger partial charge in [0.1, 0.15) is 5.82 Å². The summed E-state index contributed by atoms with van der Waals surface area (Å²) in [6.07, 6.45) is 2.56. The molecule has 5 heteroatoms. The molecule has 0 amide bonds. The fourth-order valence-electron chi connectivity index (χ4n) is 2.44. The van der Waals surface area contributed by atoms with E-state index >= 15 is 0 Å². The van der Waals surface area contributed by atoms with Gasteiger partial charge in [-0.15, -0.1) is 0 Å². The van der Waals surface area contributed by atoms with Crippen molar-refractivity contribution in [3.63, 3.8) is 0 Å². The molecule has 0 saturated carbocycles. The van der Waals surface area contributed by atoms with E-state index in [1.807, 2.05) is 6.07 Å². The Hall–Kier alpha value is -2.69. The molecule has 3 aromatic rings. The molecule has 0 fully saturated rings. The van der Waals surface area contributed by atoms with Crippen molar-refractivity contribution in [2.45, 2.75) is 26.2 Å². The Bertz CT molecular complexity index is 864. The van der Waals surface area contributed by atoms with E-state index in [0.717, 1.165) is 23.4 Å². The summed E-state index contributed by atoms with van der Waals surface area (Å²) in [5, 5.41) is 4.66. The van der Waals surface area contributed by atoms with Gasteiger partial charge in [-0.3, -0.25) is 4.79 Å². The zero-order chi connectivity index (χ0) is 16.4. The number of aromatic amines is 1. The first-order valence-corrected chi connectivity index (χ1v) is 7.63. The van der Waals surface area contributed by atoms with Gasteiger partial charge in [-0.2, -0.15) is 5.10 Å². The van der Waals surface area contributed by atoms with Crippen LogP contribution < -0.4 is 5.56 Å². The third-order valence-corrected chi connectivity index (χ3v) is 3.99. The van der Waals surface area contributed by atoms with E-state index in [1.165, 1.54) is 18.2 Å². The Labute approximate surface area is 133 Å². The van der Waals surface area contributed by atoms with Gasteiger partial charge in [0.15, 0.2) is 0 Å². The lowest BCUT2D eigenvalue weighted by atomic mass is 10.0. The van der Waals surface area contributed by atoms with E-state index < -0.39 is 0 Å². The molecular formula is C18H18FN3O. The number of pyridine rings is 1. The molecule has 3 rings (SSSR count). The van der Waals surface area contributed by atoms with Crippen molar-refractivity contribution < 1.29 is 4.39 Å². The molecule has 0 radical (unpaired) electrons. The van der Waals surface area contributed by atoms with Crippen LogP contribution in [-0.2, 0) is 0 Å². The number of benzene rings is 1. The summed E-state index contributed by atoms with van der Waals surface area (Å²) < 4.78 is 14.9. The second-order valence-corrected chi connectivity index (χ2v) is 5.59. The third kappa shape index (κ3) is 3.08. The summed E-state index contributed by atoms with van der Waals surface area (Å²) in [5.41, 5.74) is 3.14. The predicted octanol–water partition coefficient (Wildman–Crippen LogP) is 3.88. The lowest BCUT2D eigenvalue weighted by Gasteiger charge is -2.07. The first-order chi connectivity index (χ1) is 11.1. The maximum absolute atomic E-state index is 13.2. The van der Waals surface area contributed by atoms with Crippen LogP contribution in [0.5, 0.6) is 0 Å². The second-order valence-electron chi connectivity index (χ2n) is 5.59. The van der Waals surface area contributed by atoms with Crippen LogP contribution in [-0.4, -0.2) is 14.8 Å². The smallest absolute Gasteiger partial charge is 0.250 e. The molecular weight excluding hydrogens is 293 g/mol. The molecule has 0 aliphatic rings. The van der Waals surface area contributed by atoms with Gasteiger partial charge in [0.25, 0.3) is 0 Å². The van der Waals surface area contributed by atoms with Crippen molar-refractivity contribution in [2.75, 3.05) is 0 Å². The number of nitrogens with zero attached hydrogens (tertiary/aromatic N) is 2. The Balaban J connectivity index is 2.18. The van der Waals surface area contributed by atoms with E-state index in [0.29, 0.717) is 11.6 Å². The van der Waals surface area contributed by atoms with Gasteiger partial charge in [0.05, 0.1) is 17.1 Å². The van der Waals surface area contributed by atoms with Crippen LogP contribution in [0.4, 0.5) is 4.39 Å². The lowest BCUT2D eigenvalue weighted by molar-refractivity contribution is 0.628. The van der Waals surface area contributed by atoms with Crippen LogP contribution in [0.15, 0.2) is 53.5 Å². The Morgan fingerprint density at radius 2 is 1.96 bits per heavy atom. The van der Waals surface area contributed by atoms with Crippen molar-refractivity contribution >= 4 is 0 Å². The number of hydrogen-bond donors (Lipinski definition) is 1. The van der Waals surface area contributed by atoms with Gasteiger partial charge in [-0.1, -0.05) is 13.8 Å². The molecule has 0 spiro atoms. The van der Waals surface area contributed by atoms with Gasteiger partial charge >= 0.3 is 0 Å². The molecule has 1 unspecified atom stereocenters. The number of rotatable bonds is 4. The number of aromatic nitrogens is 3. The maximum Gasteiger partial charge on any atom is 0.250 e. The molecule has 2 aromatic heterocycles. The van der Waals surface area contributed by atoms with Crippen LogP contribution in [0.25, 0.3) is 16.9 Å². The minimum absolute atomic E-state index is 0.187. The molecule has 2 heterocycles. The molecule has 0 saturated heterocycles. The van der Waals surface area contributed by atoms with Crippen LogP contribution in [0.1, 0.15) is 31.9 Å². The molecule has 1 N–H and O–H groups in total. The van der Waals surface area contributed by atoms with Gasteiger partial charge in [0, 0.05) is 17.8 Å². The summed E-state index contributed by atoms with van der Waals surface area (Å²) in [6.45, 7) is 4.22. The quantitative estimate of drug-likeness (QED) is 0.795. The van der Waals surface area contributed by atoms with Gasteiger partial charge in [0.2, 0.25) is 5.56 Å². The van der Waals surface area contributed by atoms with Crippen LogP contribution in [0.3, 0.4) is 0 Å². The third-order valence-electron chi connectivity index (χ3n) is 3.99. The average Bonchev–Trinajstić information content (AvgIpc) is 3.00. The van der Waals surface area contributed by atoms with Gasteiger partial charge in [-0.25, -0.2) is 9.07 Å². The molecule has 0 bridgehead atoms. The summed E-state index contributed by atoms with van der Waals surface area (Å²) >= 11 is 0.